The summed E-state index contributed by atoms with van der Waals surface area (Å²) in [7, 11) is 0. The SMILES string of the molecule is Clc1cnc(N2CCC(N3CCCC3)C2)nc1N1CCC(N2CCCC2)C1. The molecule has 148 valence electrons. The summed E-state index contributed by atoms with van der Waals surface area (Å²) in [4.78, 5) is 19.5. The maximum Gasteiger partial charge on any atom is 0.227 e. The van der Waals surface area contributed by atoms with Gasteiger partial charge in [-0.1, -0.05) is 11.6 Å². The number of likely N-dealkylation sites (tertiary alicyclic amines) is 2. The van der Waals surface area contributed by atoms with E-state index in [4.69, 9.17) is 16.6 Å². The molecule has 0 spiro atoms. The Morgan fingerprint density at radius 3 is 1.96 bits per heavy atom. The Morgan fingerprint density at radius 2 is 1.33 bits per heavy atom. The van der Waals surface area contributed by atoms with Gasteiger partial charge in [0.1, 0.15) is 5.02 Å². The van der Waals surface area contributed by atoms with E-state index in [2.05, 4.69) is 24.6 Å². The first-order valence-corrected chi connectivity index (χ1v) is 11.2. The van der Waals surface area contributed by atoms with Crippen LogP contribution in [-0.4, -0.2) is 84.2 Å². The van der Waals surface area contributed by atoms with E-state index in [1.165, 1.54) is 64.7 Å². The van der Waals surface area contributed by atoms with Crippen LogP contribution in [0.3, 0.4) is 0 Å². The van der Waals surface area contributed by atoms with Gasteiger partial charge in [0.05, 0.1) is 6.20 Å². The molecule has 0 bridgehead atoms. The van der Waals surface area contributed by atoms with Crippen LogP contribution < -0.4 is 9.80 Å². The van der Waals surface area contributed by atoms with Crippen molar-refractivity contribution in [2.75, 3.05) is 62.2 Å². The molecule has 1 aromatic heterocycles. The van der Waals surface area contributed by atoms with Crippen LogP contribution in [0.5, 0.6) is 0 Å². The lowest BCUT2D eigenvalue weighted by atomic mass is 10.2. The van der Waals surface area contributed by atoms with E-state index in [9.17, 15) is 0 Å². The maximum atomic E-state index is 6.52. The average Bonchev–Trinajstić information content (AvgIpc) is 3.50. The normalized spacial score (nSPS) is 30.1. The van der Waals surface area contributed by atoms with Crippen LogP contribution in [0.1, 0.15) is 38.5 Å². The highest BCUT2D eigenvalue weighted by molar-refractivity contribution is 6.32. The van der Waals surface area contributed by atoms with Gasteiger partial charge in [-0.2, -0.15) is 4.98 Å². The number of hydrogen-bond donors (Lipinski definition) is 0. The number of hydrogen-bond acceptors (Lipinski definition) is 6. The summed E-state index contributed by atoms with van der Waals surface area (Å²) in [6.07, 6.45) is 9.66. The molecular formula is C20H31ClN6. The van der Waals surface area contributed by atoms with E-state index < -0.39 is 0 Å². The molecule has 2 unspecified atom stereocenters. The zero-order valence-corrected chi connectivity index (χ0v) is 16.9. The topological polar surface area (TPSA) is 38.7 Å². The Kier molecular flexibility index (Phi) is 5.13. The summed E-state index contributed by atoms with van der Waals surface area (Å²) in [5.74, 6) is 1.80. The lowest BCUT2D eigenvalue weighted by molar-refractivity contribution is 0.260. The van der Waals surface area contributed by atoms with Crippen molar-refractivity contribution in [3.63, 3.8) is 0 Å². The van der Waals surface area contributed by atoms with Crippen molar-refractivity contribution in [3.05, 3.63) is 11.2 Å². The third kappa shape index (κ3) is 3.64. The molecule has 2 atom stereocenters. The fourth-order valence-electron chi connectivity index (χ4n) is 5.39. The van der Waals surface area contributed by atoms with Crippen LogP contribution in [0.25, 0.3) is 0 Å². The Balaban J connectivity index is 1.27. The van der Waals surface area contributed by atoms with Gasteiger partial charge < -0.3 is 9.80 Å². The van der Waals surface area contributed by atoms with E-state index >= 15 is 0 Å². The minimum atomic E-state index is 0.660. The summed E-state index contributed by atoms with van der Waals surface area (Å²) in [6.45, 7) is 9.24. The van der Waals surface area contributed by atoms with Crippen molar-refractivity contribution in [1.29, 1.82) is 0 Å². The predicted molar refractivity (Wildman–Crippen MR) is 110 cm³/mol. The first-order valence-electron chi connectivity index (χ1n) is 10.8. The minimum absolute atomic E-state index is 0.660. The van der Waals surface area contributed by atoms with E-state index in [0.717, 1.165) is 37.9 Å². The molecule has 5 heterocycles. The highest BCUT2D eigenvalue weighted by Gasteiger charge is 2.33. The van der Waals surface area contributed by atoms with E-state index in [1.54, 1.807) is 0 Å². The number of nitrogens with zero attached hydrogens (tertiary/aromatic N) is 6. The fourth-order valence-corrected chi connectivity index (χ4v) is 5.60. The highest BCUT2D eigenvalue weighted by Crippen LogP contribution is 2.31. The van der Waals surface area contributed by atoms with E-state index in [0.29, 0.717) is 17.1 Å². The molecular weight excluding hydrogens is 360 g/mol. The van der Waals surface area contributed by atoms with Gasteiger partial charge in [0.2, 0.25) is 5.95 Å². The molecule has 0 aromatic carbocycles. The zero-order chi connectivity index (χ0) is 18.2. The molecule has 0 amide bonds. The molecule has 0 aliphatic carbocycles. The molecule has 6 nitrogen and oxygen atoms in total. The standard InChI is InChI=1S/C20H31ClN6/c21-18-13-22-20(27-12-6-17(15-27)25-9-3-4-10-25)23-19(18)26-11-5-16(14-26)24-7-1-2-8-24/h13,16-17H,1-12,14-15H2. The van der Waals surface area contributed by atoms with Gasteiger partial charge in [-0.3, -0.25) is 9.80 Å². The Morgan fingerprint density at radius 1 is 0.778 bits per heavy atom. The monoisotopic (exact) mass is 390 g/mol. The highest BCUT2D eigenvalue weighted by atomic mass is 35.5. The molecule has 1 aromatic rings. The quantitative estimate of drug-likeness (QED) is 0.786. The van der Waals surface area contributed by atoms with Gasteiger partial charge in [-0.05, 0) is 64.7 Å². The van der Waals surface area contributed by atoms with Crippen molar-refractivity contribution < 1.29 is 0 Å². The van der Waals surface area contributed by atoms with Crippen LogP contribution in [-0.2, 0) is 0 Å². The first-order chi connectivity index (χ1) is 13.3. The minimum Gasteiger partial charge on any atom is -0.354 e. The van der Waals surface area contributed by atoms with Gasteiger partial charge in [-0.15, -0.1) is 0 Å². The van der Waals surface area contributed by atoms with Gasteiger partial charge in [-0.25, -0.2) is 4.98 Å². The van der Waals surface area contributed by atoms with Crippen molar-refractivity contribution >= 4 is 23.4 Å². The molecule has 4 aliphatic rings. The Labute approximate surface area is 167 Å². The zero-order valence-electron chi connectivity index (χ0n) is 16.2. The molecule has 5 rings (SSSR count). The molecule has 4 saturated heterocycles. The molecule has 0 saturated carbocycles. The van der Waals surface area contributed by atoms with Crippen molar-refractivity contribution in [2.45, 2.75) is 50.6 Å². The lowest BCUT2D eigenvalue weighted by Crippen LogP contribution is -2.36. The van der Waals surface area contributed by atoms with E-state index in [-0.39, 0.29) is 0 Å². The van der Waals surface area contributed by atoms with E-state index in [1.807, 2.05) is 6.20 Å². The lowest BCUT2D eigenvalue weighted by Gasteiger charge is -2.26. The number of rotatable bonds is 4. The summed E-state index contributed by atoms with van der Waals surface area (Å²) in [5.41, 5.74) is 0. The third-order valence-corrected chi connectivity index (χ3v) is 7.20. The maximum absolute atomic E-state index is 6.52. The molecule has 4 fully saturated rings. The summed E-state index contributed by atoms with van der Waals surface area (Å²) >= 11 is 6.52. The second-order valence-electron chi connectivity index (χ2n) is 8.60. The Hall–Kier alpha value is -1.11. The van der Waals surface area contributed by atoms with Crippen LogP contribution in [0.15, 0.2) is 6.20 Å². The fraction of sp³-hybridized carbons (Fsp3) is 0.800. The first kappa shape index (κ1) is 18.0. The van der Waals surface area contributed by atoms with Gasteiger partial charge in [0.15, 0.2) is 5.82 Å². The molecule has 0 radical (unpaired) electrons. The molecule has 27 heavy (non-hydrogen) atoms. The number of anilines is 2. The molecule has 0 N–H and O–H groups in total. The van der Waals surface area contributed by atoms with Gasteiger partial charge in [0.25, 0.3) is 0 Å². The second-order valence-corrected chi connectivity index (χ2v) is 9.01. The second kappa shape index (κ2) is 7.72. The Bertz CT molecular complexity index is 658. The van der Waals surface area contributed by atoms with Crippen molar-refractivity contribution in [3.8, 4) is 0 Å². The van der Waals surface area contributed by atoms with Crippen LogP contribution in [0.4, 0.5) is 11.8 Å². The summed E-state index contributed by atoms with van der Waals surface area (Å²) < 4.78 is 0. The van der Waals surface area contributed by atoms with Crippen molar-refractivity contribution in [2.24, 2.45) is 0 Å². The molecule has 4 aliphatic heterocycles. The summed E-state index contributed by atoms with van der Waals surface area (Å²) in [5, 5.41) is 0.691. The smallest absolute Gasteiger partial charge is 0.227 e. The number of halogens is 1. The summed E-state index contributed by atoms with van der Waals surface area (Å²) in [6, 6.07) is 1.33. The van der Waals surface area contributed by atoms with Gasteiger partial charge in [0, 0.05) is 38.3 Å². The van der Waals surface area contributed by atoms with Crippen LogP contribution >= 0.6 is 11.6 Å². The molecule has 7 heteroatoms. The average molecular weight is 391 g/mol. The number of aromatic nitrogens is 2. The van der Waals surface area contributed by atoms with Crippen molar-refractivity contribution in [1.82, 2.24) is 19.8 Å². The third-order valence-electron chi connectivity index (χ3n) is 6.94. The van der Waals surface area contributed by atoms with Gasteiger partial charge >= 0.3 is 0 Å². The predicted octanol–water partition coefficient (Wildman–Crippen LogP) is 2.48. The largest absolute Gasteiger partial charge is 0.354 e. The van der Waals surface area contributed by atoms with Crippen LogP contribution in [0.2, 0.25) is 5.02 Å². The van der Waals surface area contributed by atoms with Crippen LogP contribution in [0, 0.1) is 0 Å².